The maximum absolute atomic E-state index is 13.5. The molecule has 0 saturated carbocycles. The van der Waals surface area contributed by atoms with Gasteiger partial charge in [0.1, 0.15) is 17.5 Å². The van der Waals surface area contributed by atoms with Crippen LogP contribution in [0, 0.1) is 17.1 Å². The quantitative estimate of drug-likeness (QED) is 0.646. The number of hydrogen-bond donors (Lipinski definition) is 2. The normalized spacial score (nSPS) is 12.4. The molecule has 6 nitrogen and oxygen atoms in total. The summed E-state index contributed by atoms with van der Waals surface area (Å²) < 4.78 is 24.0. The van der Waals surface area contributed by atoms with Crippen LogP contribution in [0.4, 0.5) is 10.1 Å². The first-order valence-corrected chi connectivity index (χ1v) is 7.45. The molecule has 0 bridgehead atoms. The molecule has 25 heavy (non-hydrogen) atoms. The number of carbonyl (C=O) groups excluding carboxylic acids is 1. The molecular weight excluding hydrogens is 325 g/mol. The van der Waals surface area contributed by atoms with Gasteiger partial charge in [0.2, 0.25) is 6.79 Å². The monoisotopic (exact) mass is 339 g/mol. The van der Waals surface area contributed by atoms with Crippen molar-refractivity contribution in [3.8, 4) is 17.6 Å². The van der Waals surface area contributed by atoms with Crippen molar-refractivity contribution in [2.45, 2.75) is 6.54 Å². The Morgan fingerprint density at radius 3 is 2.84 bits per heavy atom. The van der Waals surface area contributed by atoms with Crippen molar-refractivity contribution < 1.29 is 18.7 Å². The van der Waals surface area contributed by atoms with Crippen LogP contribution in [0.5, 0.6) is 11.5 Å². The minimum atomic E-state index is -0.566. The Bertz CT molecular complexity index is 874. The average molecular weight is 339 g/mol. The lowest BCUT2D eigenvalue weighted by molar-refractivity contribution is -0.117. The zero-order chi connectivity index (χ0) is 17.6. The molecule has 1 heterocycles. The van der Waals surface area contributed by atoms with Crippen molar-refractivity contribution in [3.05, 3.63) is 65.6 Å². The van der Waals surface area contributed by atoms with E-state index in [1.807, 2.05) is 0 Å². The standard InChI is InChI=1S/C18H14FN3O3/c19-14-3-1-2-4-15(14)21-10-13(8-20)18(23)22-9-12-5-6-16-17(7-12)25-11-24-16/h1-7,10,21H,9,11H2,(H,22,23)/b13-10-. The van der Waals surface area contributed by atoms with Gasteiger partial charge in [0.15, 0.2) is 11.5 Å². The van der Waals surface area contributed by atoms with E-state index in [4.69, 9.17) is 14.7 Å². The number of rotatable bonds is 5. The second kappa shape index (κ2) is 7.36. The van der Waals surface area contributed by atoms with Crippen LogP contribution in [-0.2, 0) is 11.3 Å². The van der Waals surface area contributed by atoms with Crippen molar-refractivity contribution in [2.24, 2.45) is 0 Å². The highest BCUT2D eigenvalue weighted by Gasteiger charge is 2.14. The summed E-state index contributed by atoms with van der Waals surface area (Å²) in [6.07, 6.45) is 1.17. The lowest BCUT2D eigenvalue weighted by atomic mass is 10.2. The van der Waals surface area contributed by atoms with Gasteiger partial charge in [-0.15, -0.1) is 0 Å². The van der Waals surface area contributed by atoms with Crippen molar-refractivity contribution in [1.29, 1.82) is 5.26 Å². The summed E-state index contributed by atoms with van der Waals surface area (Å²) in [6.45, 7) is 0.391. The summed E-state index contributed by atoms with van der Waals surface area (Å²) in [5, 5.41) is 14.4. The highest BCUT2D eigenvalue weighted by molar-refractivity contribution is 5.97. The van der Waals surface area contributed by atoms with Crippen LogP contribution in [0.25, 0.3) is 0 Å². The minimum absolute atomic E-state index is 0.163. The van der Waals surface area contributed by atoms with E-state index in [2.05, 4.69) is 10.6 Å². The van der Waals surface area contributed by atoms with E-state index in [0.29, 0.717) is 11.5 Å². The fourth-order valence-corrected chi connectivity index (χ4v) is 2.21. The molecule has 0 fully saturated rings. The Kier molecular flexibility index (Phi) is 4.81. The third-order valence-electron chi connectivity index (χ3n) is 3.50. The maximum Gasteiger partial charge on any atom is 0.263 e. The van der Waals surface area contributed by atoms with Crippen molar-refractivity contribution in [2.75, 3.05) is 12.1 Å². The van der Waals surface area contributed by atoms with Gasteiger partial charge in [0, 0.05) is 12.7 Å². The van der Waals surface area contributed by atoms with E-state index in [0.717, 1.165) is 5.56 Å². The molecule has 0 saturated heterocycles. The Labute approximate surface area is 143 Å². The fraction of sp³-hybridized carbons (Fsp3) is 0.111. The number of anilines is 1. The van der Waals surface area contributed by atoms with Gasteiger partial charge < -0.3 is 20.1 Å². The third-order valence-corrected chi connectivity index (χ3v) is 3.50. The van der Waals surface area contributed by atoms with Crippen LogP contribution in [0.15, 0.2) is 54.2 Å². The fourth-order valence-electron chi connectivity index (χ4n) is 2.21. The number of fused-ring (bicyclic) bond motifs is 1. The zero-order valence-electron chi connectivity index (χ0n) is 13.1. The largest absolute Gasteiger partial charge is 0.454 e. The second-order valence-corrected chi connectivity index (χ2v) is 5.16. The highest BCUT2D eigenvalue weighted by Crippen LogP contribution is 2.32. The summed E-state index contributed by atoms with van der Waals surface area (Å²) in [6, 6.07) is 13.1. The van der Waals surface area contributed by atoms with Crippen LogP contribution < -0.4 is 20.1 Å². The third kappa shape index (κ3) is 3.87. The molecule has 126 valence electrons. The average Bonchev–Trinajstić information content (AvgIpc) is 3.09. The number of nitriles is 1. The van der Waals surface area contributed by atoms with Crippen LogP contribution in [0.3, 0.4) is 0 Å². The Morgan fingerprint density at radius 1 is 1.24 bits per heavy atom. The predicted molar refractivity (Wildman–Crippen MR) is 88.1 cm³/mol. The van der Waals surface area contributed by atoms with E-state index < -0.39 is 11.7 Å². The van der Waals surface area contributed by atoms with Crippen LogP contribution in [0.1, 0.15) is 5.56 Å². The number of carbonyl (C=O) groups is 1. The van der Waals surface area contributed by atoms with Gasteiger partial charge in [0.05, 0.1) is 5.69 Å². The summed E-state index contributed by atoms with van der Waals surface area (Å²) in [5.74, 6) is 0.228. The van der Waals surface area contributed by atoms with E-state index in [1.54, 1.807) is 36.4 Å². The number of halogens is 1. The smallest absolute Gasteiger partial charge is 0.263 e. The second-order valence-electron chi connectivity index (χ2n) is 5.16. The molecule has 1 aliphatic heterocycles. The summed E-state index contributed by atoms with van der Waals surface area (Å²) >= 11 is 0. The van der Waals surface area contributed by atoms with Crippen molar-refractivity contribution in [3.63, 3.8) is 0 Å². The molecule has 0 spiro atoms. The molecule has 3 rings (SSSR count). The SMILES string of the molecule is N#C/C(=C/Nc1ccccc1F)C(=O)NCc1ccc2c(c1)OCO2. The van der Waals surface area contributed by atoms with Gasteiger partial charge >= 0.3 is 0 Å². The molecule has 2 N–H and O–H groups in total. The van der Waals surface area contributed by atoms with Crippen LogP contribution in [-0.4, -0.2) is 12.7 Å². The van der Waals surface area contributed by atoms with E-state index in [9.17, 15) is 9.18 Å². The lowest BCUT2D eigenvalue weighted by Gasteiger charge is -2.06. The number of nitrogens with one attached hydrogen (secondary N) is 2. The van der Waals surface area contributed by atoms with Crippen molar-refractivity contribution >= 4 is 11.6 Å². The Morgan fingerprint density at radius 2 is 2.04 bits per heavy atom. The molecule has 2 aromatic rings. The number of benzene rings is 2. The van der Waals surface area contributed by atoms with Crippen LogP contribution in [0.2, 0.25) is 0 Å². The number of ether oxygens (including phenoxy) is 2. The summed E-state index contributed by atoms with van der Waals surface area (Å²) in [5.41, 5.74) is 0.819. The zero-order valence-corrected chi connectivity index (χ0v) is 13.1. The topological polar surface area (TPSA) is 83.4 Å². The van der Waals surface area contributed by atoms with Gasteiger partial charge in [-0.2, -0.15) is 5.26 Å². The van der Waals surface area contributed by atoms with Gasteiger partial charge in [-0.25, -0.2) is 4.39 Å². The first-order valence-electron chi connectivity index (χ1n) is 7.45. The van der Waals surface area contributed by atoms with Gasteiger partial charge in [-0.3, -0.25) is 4.79 Å². The van der Waals surface area contributed by atoms with E-state index >= 15 is 0 Å². The first kappa shape index (κ1) is 16.3. The highest BCUT2D eigenvalue weighted by atomic mass is 19.1. The number of para-hydroxylation sites is 1. The van der Waals surface area contributed by atoms with E-state index in [1.165, 1.54) is 18.3 Å². The van der Waals surface area contributed by atoms with Crippen molar-refractivity contribution in [1.82, 2.24) is 5.32 Å². The molecule has 0 atom stereocenters. The van der Waals surface area contributed by atoms with Crippen LogP contribution >= 0.6 is 0 Å². The van der Waals surface area contributed by atoms with E-state index in [-0.39, 0.29) is 24.6 Å². The molecule has 0 aliphatic carbocycles. The molecule has 1 amide bonds. The predicted octanol–water partition coefficient (Wildman–Crippen LogP) is 2.69. The molecular formula is C18H14FN3O3. The number of amides is 1. The Balaban J connectivity index is 1.62. The van der Waals surface area contributed by atoms with Gasteiger partial charge in [-0.1, -0.05) is 18.2 Å². The molecule has 7 heteroatoms. The summed E-state index contributed by atoms with van der Waals surface area (Å²) in [4.78, 5) is 12.1. The Hall–Kier alpha value is -3.53. The number of hydrogen-bond acceptors (Lipinski definition) is 5. The maximum atomic E-state index is 13.5. The molecule has 2 aromatic carbocycles. The molecule has 0 radical (unpaired) electrons. The lowest BCUT2D eigenvalue weighted by Crippen LogP contribution is -2.24. The minimum Gasteiger partial charge on any atom is -0.454 e. The molecule has 0 aromatic heterocycles. The number of nitrogens with zero attached hydrogens (tertiary/aromatic N) is 1. The molecule has 1 aliphatic rings. The van der Waals surface area contributed by atoms with Gasteiger partial charge in [0.25, 0.3) is 5.91 Å². The summed E-state index contributed by atoms with van der Waals surface area (Å²) in [7, 11) is 0. The molecule has 0 unspecified atom stereocenters. The van der Waals surface area contributed by atoms with Gasteiger partial charge in [-0.05, 0) is 29.8 Å². The first-order chi connectivity index (χ1) is 12.2.